The van der Waals surface area contributed by atoms with Crippen molar-refractivity contribution in [3.63, 3.8) is 0 Å². The molecule has 0 aliphatic heterocycles. The van der Waals surface area contributed by atoms with Gasteiger partial charge in [0.15, 0.2) is 5.96 Å². The van der Waals surface area contributed by atoms with E-state index >= 15 is 0 Å². The van der Waals surface area contributed by atoms with Crippen LogP contribution in [-0.2, 0) is 9.53 Å². The van der Waals surface area contributed by atoms with Crippen LogP contribution in [0.3, 0.4) is 0 Å². The van der Waals surface area contributed by atoms with E-state index in [0.717, 1.165) is 18.9 Å². The highest BCUT2D eigenvalue weighted by Gasteiger charge is 2.12. The van der Waals surface area contributed by atoms with Crippen LogP contribution in [0.4, 0.5) is 0 Å². The van der Waals surface area contributed by atoms with Gasteiger partial charge in [0.1, 0.15) is 0 Å². The summed E-state index contributed by atoms with van der Waals surface area (Å²) in [5, 5.41) is 6.30. The smallest absolute Gasteiger partial charge is 0.310 e. The Bertz CT molecular complexity index is 247. The first-order valence-corrected chi connectivity index (χ1v) is 6.18. The Labute approximate surface area is 127 Å². The zero-order chi connectivity index (χ0) is 13.1. The molecule has 0 aliphatic carbocycles. The Morgan fingerprint density at radius 1 is 1.33 bits per heavy atom. The summed E-state index contributed by atoms with van der Waals surface area (Å²) in [6, 6.07) is 0. The third-order valence-corrected chi connectivity index (χ3v) is 2.48. The molecule has 5 nitrogen and oxygen atoms in total. The molecule has 0 saturated heterocycles. The maximum Gasteiger partial charge on any atom is 0.310 e. The van der Waals surface area contributed by atoms with Gasteiger partial charge < -0.3 is 15.4 Å². The summed E-state index contributed by atoms with van der Waals surface area (Å²) in [6.07, 6.45) is 3.54. The van der Waals surface area contributed by atoms with Crippen molar-refractivity contribution in [2.24, 2.45) is 10.9 Å². The summed E-state index contributed by atoms with van der Waals surface area (Å²) in [7, 11) is 3.12. The lowest BCUT2D eigenvalue weighted by Crippen LogP contribution is -2.41. The Morgan fingerprint density at radius 3 is 2.50 bits per heavy atom. The third-order valence-electron chi connectivity index (χ3n) is 2.48. The van der Waals surface area contributed by atoms with Crippen LogP contribution in [-0.4, -0.2) is 39.2 Å². The lowest BCUT2D eigenvalue weighted by Gasteiger charge is -2.14. The van der Waals surface area contributed by atoms with Gasteiger partial charge in [-0.3, -0.25) is 9.79 Å². The molecule has 108 valence electrons. The van der Waals surface area contributed by atoms with Crippen LogP contribution < -0.4 is 10.6 Å². The molecule has 0 bridgehead atoms. The molecule has 0 aromatic carbocycles. The van der Waals surface area contributed by atoms with Crippen LogP contribution in [0.5, 0.6) is 0 Å². The summed E-state index contributed by atoms with van der Waals surface area (Å²) in [4.78, 5) is 15.3. The average Bonchev–Trinajstić information content (AvgIpc) is 2.36. The lowest BCUT2D eigenvalue weighted by molar-refractivity contribution is -0.144. The number of hydrogen-bond donors (Lipinski definition) is 2. The van der Waals surface area contributed by atoms with Gasteiger partial charge in [0.2, 0.25) is 0 Å². The zero-order valence-electron chi connectivity index (χ0n) is 11.8. The van der Waals surface area contributed by atoms with Gasteiger partial charge in [-0.15, -0.1) is 24.0 Å². The highest BCUT2D eigenvalue weighted by atomic mass is 127. The van der Waals surface area contributed by atoms with Gasteiger partial charge in [-0.2, -0.15) is 0 Å². The minimum atomic E-state index is -0.209. The molecule has 0 rings (SSSR count). The van der Waals surface area contributed by atoms with Crippen molar-refractivity contribution in [3.8, 4) is 0 Å². The van der Waals surface area contributed by atoms with Gasteiger partial charge in [0.25, 0.3) is 0 Å². The second kappa shape index (κ2) is 12.9. The largest absolute Gasteiger partial charge is 0.469 e. The van der Waals surface area contributed by atoms with Crippen molar-refractivity contribution in [2.75, 3.05) is 27.2 Å². The Balaban J connectivity index is 0. The topological polar surface area (TPSA) is 62.7 Å². The monoisotopic (exact) mass is 371 g/mol. The number of guanidine groups is 1. The van der Waals surface area contributed by atoms with E-state index in [1.807, 2.05) is 6.92 Å². The fourth-order valence-corrected chi connectivity index (χ4v) is 1.34. The first kappa shape index (κ1) is 19.8. The second-order valence-corrected chi connectivity index (χ2v) is 4.01. The first-order chi connectivity index (χ1) is 8.15. The van der Waals surface area contributed by atoms with Crippen molar-refractivity contribution in [1.82, 2.24) is 10.6 Å². The standard InChI is InChI=1S/C12H25N3O2.HI/c1-5-6-7-8-14-12(13-3)15-9-10(2)11(16)17-4;/h10H,5-9H2,1-4H3,(H2,13,14,15);1H. The second-order valence-electron chi connectivity index (χ2n) is 4.01. The molecule has 0 fully saturated rings. The summed E-state index contributed by atoms with van der Waals surface area (Å²) in [6.45, 7) is 5.43. The highest BCUT2D eigenvalue weighted by molar-refractivity contribution is 14.0. The molecule has 0 aromatic rings. The van der Waals surface area contributed by atoms with Crippen molar-refractivity contribution < 1.29 is 9.53 Å². The van der Waals surface area contributed by atoms with Crippen molar-refractivity contribution in [2.45, 2.75) is 33.1 Å². The fourth-order valence-electron chi connectivity index (χ4n) is 1.34. The van der Waals surface area contributed by atoms with Crippen LogP contribution in [0.15, 0.2) is 4.99 Å². The third kappa shape index (κ3) is 9.49. The number of nitrogens with one attached hydrogen (secondary N) is 2. The lowest BCUT2D eigenvalue weighted by atomic mass is 10.2. The van der Waals surface area contributed by atoms with Gasteiger partial charge >= 0.3 is 5.97 Å². The van der Waals surface area contributed by atoms with Gasteiger partial charge in [-0.25, -0.2) is 0 Å². The number of nitrogens with zero attached hydrogens (tertiary/aromatic N) is 1. The molecule has 0 aliphatic rings. The van der Waals surface area contributed by atoms with E-state index in [0.29, 0.717) is 6.54 Å². The van der Waals surface area contributed by atoms with Crippen molar-refractivity contribution >= 4 is 35.9 Å². The SMILES string of the molecule is CCCCCNC(=NC)NCC(C)C(=O)OC.I. The maximum atomic E-state index is 11.2. The predicted molar refractivity (Wildman–Crippen MR) is 85.5 cm³/mol. The van der Waals surface area contributed by atoms with Crippen LogP contribution in [0.1, 0.15) is 33.1 Å². The molecule has 1 atom stereocenters. The maximum absolute atomic E-state index is 11.2. The van der Waals surface area contributed by atoms with E-state index in [9.17, 15) is 4.79 Å². The summed E-state index contributed by atoms with van der Waals surface area (Å²) >= 11 is 0. The predicted octanol–water partition coefficient (Wildman–Crippen LogP) is 1.77. The van der Waals surface area contributed by atoms with Crippen LogP contribution in [0.25, 0.3) is 0 Å². The van der Waals surface area contributed by atoms with Crippen LogP contribution in [0.2, 0.25) is 0 Å². The van der Waals surface area contributed by atoms with Gasteiger partial charge in [-0.05, 0) is 6.42 Å². The number of carbonyl (C=O) groups is 1. The van der Waals surface area contributed by atoms with Crippen LogP contribution in [0, 0.1) is 5.92 Å². The van der Waals surface area contributed by atoms with E-state index in [-0.39, 0.29) is 35.9 Å². The highest BCUT2D eigenvalue weighted by Crippen LogP contribution is 1.95. The Hall–Kier alpha value is -0.530. The molecule has 0 spiro atoms. The molecule has 0 aromatic heterocycles. The number of aliphatic imine (C=N–C) groups is 1. The van der Waals surface area contributed by atoms with Gasteiger partial charge in [0, 0.05) is 20.1 Å². The summed E-state index contributed by atoms with van der Waals surface area (Å²) in [5.74, 6) is 0.352. The normalized spacial score (nSPS) is 12.3. The number of halogens is 1. The molecule has 18 heavy (non-hydrogen) atoms. The minimum Gasteiger partial charge on any atom is -0.469 e. The van der Waals surface area contributed by atoms with Crippen molar-refractivity contribution in [1.29, 1.82) is 0 Å². The van der Waals surface area contributed by atoms with Gasteiger partial charge in [0.05, 0.1) is 13.0 Å². The number of rotatable bonds is 7. The van der Waals surface area contributed by atoms with E-state index in [4.69, 9.17) is 0 Å². The molecular weight excluding hydrogens is 345 g/mol. The number of unbranched alkanes of at least 4 members (excludes halogenated alkanes) is 2. The number of hydrogen-bond acceptors (Lipinski definition) is 3. The molecular formula is C12H26IN3O2. The summed E-state index contributed by atoms with van der Waals surface area (Å²) < 4.78 is 4.65. The van der Waals surface area contributed by atoms with E-state index in [1.165, 1.54) is 20.0 Å². The van der Waals surface area contributed by atoms with Gasteiger partial charge in [-0.1, -0.05) is 26.7 Å². The molecule has 0 heterocycles. The quantitative estimate of drug-likeness (QED) is 0.235. The summed E-state index contributed by atoms with van der Waals surface area (Å²) in [5.41, 5.74) is 0. The van der Waals surface area contributed by atoms with E-state index < -0.39 is 0 Å². The van der Waals surface area contributed by atoms with Crippen LogP contribution >= 0.6 is 24.0 Å². The minimum absolute atomic E-state index is 0. The number of esters is 1. The Kier molecular flexibility index (Phi) is 14.2. The fraction of sp³-hybridized carbons (Fsp3) is 0.833. The number of methoxy groups -OCH3 is 1. The molecule has 0 saturated carbocycles. The Morgan fingerprint density at radius 2 is 2.00 bits per heavy atom. The molecule has 0 radical (unpaired) electrons. The molecule has 2 N–H and O–H groups in total. The first-order valence-electron chi connectivity index (χ1n) is 6.18. The molecule has 6 heteroatoms. The average molecular weight is 371 g/mol. The zero-order valence-corrected chi connectivity index (χ0v) is 14.1. The van der Waals surface area contributed by atoms with E-state index in [1.54, 1.807) is 7.05 Å². The number of carbonyl (C=O) groups excluding carboxylic acids is 1. The van der Waals surface area contributed by atoms with Crippen molar-refractivity contribution in [3.05, 3.63) is 0 Å². The van der Waals surface area contributed by atoms with E-state index in [2.05, 4.69) is 27.3 Å². The molecule has 0 amide bonds. The number of ether oxygens (including phenoxy) is 1. The molecule has 1 unspecified atom stereocenters.